The number of likely N-dealkylation sites (N-methyl/N-ethyl adjacent to an activating group) is 1. The lowest BCUT2D eigenvalue weighted by Gasteiger charge is -2.50. The Morgan fingerprint density at radius 3 is 2.58 bits per heavy atom. The minimum absolute atomic E-state index is 0.0462. The molecule has 0 radical (unpaired) electrons. The number of benzene rings is 1. The SMILES string of the molecule is CC1N(C)C(=O)COC12CCN(CCCC(=O)c1ccc(F)cc1)CC2. The van der Waals surface area contributed by atoms with Gasteiger partial charge in [0.25, 0.3) is 0 Å². The first-order valence-electron chi connectivity index (χ1n) is 9.32. The normalized spacial score (nSPS) is 23.4. The second-order valence-corrected chi connectivity index (χ2v) is 7.41. The summed E-state index contributed by atoms with van der Waals surface area (Å²) in [6, 6.07) is 5.82. The number of likely N-dealkylation sites (tertiary alicyclic amines) is 1. The molecule has 0 aromatic heterocycles. The Labute approximate surface area is 154 Å². The molecule has 2 aliphatic heterocycles. The third-order valence-corrected chi connectivity index (χ3v) is 5.97. The van der Waals surface area contributed by atoms with Crippen LogP contribution < -0.4 is 0 Å². The molecule has 1 spiro atoms. The molecule has 0 aliphatic carbocycles. The molecule has 1 unspecified atom stereocenters. The molecule has 5 nitrogen and oxygen atoms in total. The number of rotatable bonds is 5. The van der Waals surface area contributed by atoms with E-state index in [1.165, 1.54) is 12.1 Å². The number of morpholine rings is 1. The summed E-state index contributed by atoms with van der Waals surface area (Å²) in [4.78, 5) is 28.1. The van der Waals surface area contributed by atoms with Crippen molar-refractivity contribution < 1.29 is 18.7 Å². The van der Waals surface area contributed by atoms with Crippen LogP contribution in [-0.2, 0) is 9.53 Å². The summed E-state index contributed by atoms with van der Waals surface area (Å²) in [6.07, 6.45) is 3.06. The number of amides is 1. The average molecular weight is 362 g/mol. The molecule has 26 heavy (non-hydrogen) atoms. The van der Waals surface area contributed by atoms with E-state index in [1.54, 1.807) is 17.0 Å². The zero-order valence-electron chi connectivity index (χ0n) is 15.5. The van der Waals surface area contributed by atoms with Gasteiger partial charge in [-0.2, -0.15) is 0 Å². The van der Waals surface area contributed by atoms with Gasteiger partial charge in [0.05, 0.1) is 11.6 Å². The first-order valence-corrected chi connectivity index (χ1v) is 9.32. The fraction of sp³-hybridized carbons (Fsp3) is 0.600. The predicted octanol–water partition coefficient (Wildman–Crippen LogP) is 2.50. The average Bonchev–Trinajstić information content (AvgIpc) is 2.65. The molecular formula is C20H27FN2O3. The summed E-state index contributed by atoms with van der Waals surface area (Å²) >= 11 is 0. The van der Waals surface area contributed by atoms with Crippen molar-refractivity contribution in [3.05, 3.63) is 35.6 Å². The minimum atomic E-state index is -0.324. The molecule has 6 heteroatoms. The van der Waals surface area contributed by atoms with Crippen LogP contribution in [0.4, 0.5) is 4.39 Å². The van der Waals surface area contributed by atoms with Crippen LogP contribution in [-0.4, -0.2) is 66.4 Å². The van der Waals surface area contributed by atoms with Crippen molar-refractivity contribution in [1.29, 1.82) is 0 Å². The highest BCUT2D eigenvalue weighted by Gasteiger charge is 2.46. The van der Waals surface area contributed by atoms with Gasteiger partial charge in [0.1, 0.15) is 12.4 Å². The van der Waals surface area contributed by atoms with E-state index in [9.17, 15) is 14.0 Å². The van der Waals surface area contributed by atoms with Crippen molar-refractivity contribution in [2.24, 2.45) is 0 Å². The fourth-order valence-electron chi connectivity index (χ4n) is 3.96. The Morgan fingerprint density at radius 1 is 1.27 bits per heavy atom. The van der Waals surface area contributed by atoms with Crippen LogP contribution in [0.25, 0.3) is 0 Å². The maximum Gasteiger partial charge on any atom is 0.248 e. The zero-order valence-corrected chi connectivity index (χ0v) is 15.5. The number of hydrogen-bond acceptors (Lipinski definition) is 4. The van der Waals surface area contributed by atoms with E-state index in [0.717, 1.165) is 38.9 Å². The van der Waals surface area contributed by atoms with Crippen molar-refractivity contribution >= 4 is 11.7 Å². The van der Waals surface area contributed by atoms with Crippen molar-refractivity contribution in [1.82, 2.24) is 9.80 Å². The number of carbonyl (C=O) groups excluding carboxylic acids is 2. The van der Waals surface area contributed by atoms with Crippen LogP contribution in [0.5, 0.6) is 0 Å². The van der Waals surface area contributed by atoms with E-state index in [4.69, 9.17) is 4.74 Å². The molecular weight excluding hydrogens is 335 g/mol. The Morgan fingerprint density at radius 2 is 1.92 bits per heavy atom. The summed E-state index contributed by atoms with van der Waals surface area (Å²) < 4.78 is 18.9. The van der Waals surface area contributed by atoms with E-state index in [2.05, 4.69) is 11.8 Å². The van der Waals surface area contributed by atoms with E-state index in [-0.39, 0.29) is 35.8 Å². The Kier molecular flexibility index (Phi) is 5.73. The second-order valence-electron chi connectivity index (χ2n) is 7.41. The zero-order chi connectivity index (χ0) is 18.7. The van der Waals surface area contributed by atoms with Crippen LogP contribution in [0.15, 0.2) is 24.3 Å². The Balaban J connectivity index is 1.44. The molecule has 2 saturated heterocycles. The van der Waals surface area contributed by atoms with Crippen LogP contribution in [0.1, 0.15) is 43.0 Å². The van der Waals surface area contributed by atoms with Gasteiger partial charge < -0.3 is 14.5 Å². The van der Waals surface area contributed by atoms with E-state index in [1.807, 2.05) is 7.05 Å². The third kappa shape index (κ3) is 3.96. The van der Waals surface area contributed by atoms with Crippen LogP contribution >= 0.6 is 0 Å². The van der Waals surface area contributed by atoms with Gasteiger partial charge in [-0.1, -0.05) is 0 Å². The summed E-state index contributed by atoms with van der Waals surface area (Å²) in [5, 5.41) is 0. The minimum Gasteiger partial charge on any atom is -0.363 e. The number of hydrogen-bond donors (Lipinski definition) is 0. The first-order chi connectivity index (χ1) is 12.4. The molecule has 1 atom stereocenters. The third-order valence-electron chi connectivity index (χ3n) is 5.97. The van der Waals surface area contributed by atoms with E-state index >= 15 is 0 Å². The highest BCUT2D eigenvalue weighted by atomic mass is 19.1. The molecule has 1 amide bonds. The monoisotopic (exact) mass is 362 g/mol. The number of ether oxygens (including phenoxy) is 1. The molecule has 2 aliphatic rings. The number of Topliss-reactive ketones (excluding diaryl/α,β-unsaturated/α-hetero) is 1. The number of halogens is 1. The van der Waals surface area contributed by atoms with Crippen molar-refractivity contribution in [2.75, 3.05) is 33.3 Å². The maximum atomic E-state index is 12.9. The maximum absolute atomic E-state index is 12.9. The molecule has 2 heterocycles. The van der Waals surface area contributed by atoms with Crippen molar-refractivity contribution in [2.45, 2.75) is 44.2 Å². The van der Waals surface area contributed by atoms with Gasteiger partial charge in [-0.25, -0.2) is 4.39 Å². The standard InChI is InChI=1S/C20H27FN2O3/c1-15-20(26-14-19(25)22(15)2)9-12-23(13-10-20)11-3-4-18(24)16-5-7-17(21)8-6-16/h5-8,15H,3-4,9-14H2,1-2H3. The van der Waals surface area contributed by atoms with E-state index < -0.39 is 0 Å². The fourth-order valence-corrected chi connectivity index (χ4v) is 3.96. The largest absolute Gasteiger partial charge is 0.363 e. The van der Waals surface area contributed by atoms with Crippen LogP contribution in [0, 0.1) is 5.82 Å². The van der Waals surface area contributed by atoms with Crippen molar-refractivity contribution in [3.63, 3.8) is 0 Å². The second kappa shape index (κ2) is 7.84. The van der Waals surface area contributed by atoms with Gasteiger partial charge in [0.15, 0.2) is 5.78 Å². The summed E-state index contributed by atoms with van der Waals surface area (Å²) in [6.45, 7) is 4.93. The molecule has 0 bridgehead atoms. The molecule has 2 fully saturated rings. The first kappa shape index (κ1) is 19.0. The molecule has 1 aromatic carbocycles. The number of piperidine rings is 1. The van der Waals surface area contributed by atoms with Crippen molar-refractivity contribution in [3.8, 4) is 0 Å². The molecule has 142 valence electrons. The molecule has 0 saturated carbocycles. The van der Waals surface area contributed by atoms with Crippen LogP contribution in [0.2, 0.25) is 0 Å². The van der Waals surface area contributed by atoms with Gasteiger partial charge in [0.2, 0.25) is 5.91 Å². The lowest BCUT2D eigenvalue weighted by atomic mass is 9.83. The predicted molar refractivity (Wildman–Crippen MR) is 96.6 cm³/mol. The Bertz CT molecular complexity index is 654. The highest BCUT2D eigenvalue weighted by molar-refractivity contribution is 5.95. The van der Waals surface area contributed by atoms with Gasteiger partial charge in [-0.05, 0) is 57.0 Å². The number of ketones is 1. The van der Waals surface area contributed by atoms with Crippen LogP contribution in [0.3, 0.4) is 0 Å². The van der Waals surface area contributed by atoms with Gasteiger partial charge in [0, 0.05) is 32.1 Å². The van der Waals surface area contributed by atoms with Gasteiger partial charge in [-0.15, -0.1) is 0 Å². The molecule has 0 N–H and O–H groups in total. The Hall–Kier alpha value is -1.79. The van der Waals surface area contributed by atoms with Gasteiger partial charge >= 0.3 is 0 Å². The lowest BCUT2D eigenvalue weighted by Crippen LogP contribution is -2.62. The number of nitrogens with zero attached hydrogens (tertiary/aromatic N) is 2. The summed E-state index contributed by atoms with van der Waals surface area (Å²) in [7, 11) is 1.85. The lowest BCUT2D eigenvalue weighted by molar-refractivity contribution is -0.183. The summed E-state index contributed by atoms with van der Waals surface area (Å²) in [5.74, 6) is -0.219. The molecule has 3 rings (SSSR count). The summed E-state index contributed by atoms with van der Waals surface area (Å²) in [5.41, 5.74) is 0.337. The van der Waals surface area contributed by atoms with E-state index in [0.29, 0.717) is 12.0 Å². The molecule has 1 aromatic rings. The topological polar surface area (TPSA) is 49.9 Å². The number of carbonyl (C=O) groups is 2. The van der Waals surface area contributed by atoms with Gasteiger partial charge in [-0.3, -0.25) is 9.59 Å². The highest BCUT2D eigenvalue weighted by Crippen LogP contribution is 2.35. The smallest absolute Gasteiger partial charge is 0.248 e. The quantitative estimate of drug-likeness (QED) is 0.755.